The van der Waals surface area contributed by atoms with Gasteiger partial charge < -0.3 is 20.3 Å². The van der Waals surface area contributed by atoms with Crippen LogP contribution in [-0.4, -0.2) is 30.2 Å². The lowest BCUT2D eigenvalue weighted by atomic mass is 9.93. The van der Waals surface area contributed by atoms with Gasteiger partial charge in [-0.15, -0.1) is 0 Å². The van der Waals surface area contributed by atoms with Crippen LogP contribution >= 0.6 is 0 Å². The second kappa shape index (κ2) is 10.9. The lowest BCUT2D eigenvalue weighted by molar-refractivity contribution is -0.132. The summed E-state index contributed by atoms with van der Waals surface area (Å²) < 4.78 is 14.0. The van der Waals surface area contributed by atoms with Crippen LogP contribution in [0.2, 0.25) is 0 Å². The van der Waals surface area contributed by atoms with E-state index in [0.717, 1.165) is 73.4 Å². The largest absolute Gasteiger partial charge is 0.356 e. The Balaban J connectivity index is 1.32. The molecule has 2 atom stereocenters. The molecule has 36 heavy (non-hydrogen) atoms. The molecule has 3 aliphatic rings. The maximum absolute atomic E-state index is 14.0. The van der Waals surface area contributed by atoms with Crippen molar-refractivity contribution in [2.75, 3.05) is 13.1 Å². The first-order valence-corrected chi connectivity index (χ1v) is 12.8. The van der Waals surface area contributed by atoms with Crippen LogP contribution in [0.3, 0.4) is 0 Å². The molecule has 0 bridgehead atoms. The van der Waals surface area contributed by atoms with Gasteiger partial charge in [-0.25, -0.2) is 4.39 Å². The van der Waals surface area contributed by atoms with E-state index in [9.17, 15) is 14.0 Å². The first kappa shape index (κ1) is 24.0. The quantitative estimate of drug-likeness (QED) is 0.396. The van der Waals surface area contributed by atoms with Crippen molar-refractivity contribution >= 4 is 17.9 Å². The number of nitrogens with one attached hydrogen (secondary N) is 2. The summed E-state index contributed by atoms with van der Waals surface area (Å²) in [5.74, 6) is 0.0675. The zero-order valence-corrected chi connectivity index (χ0v) is 20.4. The molecule has 1 fully saturated rings. The van der Waals surface area contributed by atoms with E-state index in [4.69, 9.17) is 0 Å². The molecule has 1 saturated heterocycles. The first-order chi connectivity index (χ1) is 17.6. The minimum atomic E-state index is -0.286. The normalized spacial score (nSPS) is 21.2. The number of hydrogen-bond donors (Lipinski definition) is 2. The number of carbonyl (C=O) groups excluding carboxylic acids is 2. The number of nitrogens with zero attached hydrogens (tertiary/aromatic N) is 1. The van der Waals surface area contributed by atoms with E-state index < -0.39 is 0 Å². The molecule has 2 aliphatic heterocycles. The zero-order chi connectivity index (χ0) is 24.9. The van der Waals surface area contributed by atoms with Crippen LogP contribution in [0.25, 0.3) is 5.70 Å². The molecule has 186 valence electrons. The highest BCUT2D eigenvalue weighted by atomic mass is 19.1. The summed E-state index contributed by atoms with van der Waals surface area (Å²) >= 11 is 0. The minimum absolute atomic E-state index is 0.172. The molecule has 5 nitrogen and oxygen atoms in total. The Kier molecular flexibility index (Phi) is 7.31. The monoisotopic (exact) mass is 485 g/mol. The molecule has 2 unspecified atom stereocenters. The van der Waals surface area contributed by atoms with Crippen LogP contribution in [0.4, 0.5) is 4.39 Å². The van der Waals surface area contributed by atoms with Crippen molar-refractivity contribution in [3.05, 3.63) is 101 Å². The highest BCUT2D eigenvalue weighted by Gasteiger charge is 2.33. The Morgan fingerprint density at radius 1 is 1.06 bits per heavy atom. The van der Waals surface area contributed by atoms with Crippen LogP contribution < -0.4 is 10.6 Å². The second-order valence-corrected chi connectivity index (χ2v) is 9.75. The molecular weight excluding hydrogens is 453 g/mol. The van der Waals surface area contributed by atoms with Crippen molar-refractivity contribution < 1.29 is 14.0 Å². The first-order valence-electron chi connectivity index (χ1n) is 12.8. The summed E-state index contributed by atoms with van der Waals surface area (Å²) in [5, 5.41) is 7.04. The van der Waals surface area contributed by atoms with Crippen molar-refractivity contribution in [1.29, 1.82) is 0 Å². The molecule has 2 aromatic rings. The van der Waals surface area contributed by atoms with Crippen molar-refractivity contribution in [1.82, 2.24) is 15.5 Å². The lowest BCUT2D eigenvalue weighted by Gasteiger charge is -2.32. The smallest absolute Gasteiger partial charge is 0.229 e. The highest BCUT2D eigenvalue weighted by molar-refractivity contribution is 5.82. The van der Waals surface area contributed by atoms with E-state index in [1.807, 2.05) is 23.1 Å². The van der Waals surface area contributed by atoms with Gasteiger partial charge in [0, 0.05) is 36.7 Å². The number of unbranched alkanes of at least 4 members (excludes halogenated alkanes) is 2. The zero-order valence-electron chi connectivity index (χ0n) is 20.4. The maximum atomic E-state index is 14.0. The molecule has 1 amide bonds. The van der Waals surface area contributed by atoms with Gasteiger partial charge in [-0.3, -0.25) is 4.79 Å². The summed E-state index contributed by atoms with van der Waals surface area (Å²) in [4.78, 5) is 26.2. The summed E-state index contributed by atoms with van der Waals surface area (Å²) in [7, 11) is 0. The van der Waals surface area contributed by atoms with Crippen LogP contribution in [0, 0.1) is 11.7 Å². The molecule has 6 heteroatoms. The molecule has 0 aromatic heterocycles. The van der Waals surface area contributed by atoms with E-state index in [1.165, 1.54) is 17.7 Å². The predicted octanol–water partition coefficient (Wildman–Crippen LogP) is 5.25. The summed E-state index contributed by atoms with van der Waals surface area (Å²) in [6.07, 6.45) is 9.55. The minimum Gasteiger partial charge on any atom is -0.356 e. The average Bonchev–Trinajstić information content (AvgIpc) is 3.41. The number of aldehydes is 1. The number of halogens is 1. The van der Waals surface area contributed by atoms with Crippen LogP contribution in [0.1, 0.15) is 55.6 Å². The number of carbonyl (C=O) groups is 2. The van der Waals surface area contributed by atoms with E-state index in [-0.39, 0.29) is 17.6 Å². The van der Waals surface area contributed by atoms with Crippen molar-refractivity contribution in [3.8, 4) is 0 Å². The maximum Gasteiger partial charge on any atom is 0.229 e. The van der Waals surface area contributed by atoms with Crippen molar-refractivity contribution in [3.63, 3.8) is 0 Å². The number of benzene rings is 2. The number of allylic oxidation sites excluding steroid dienone is 2. The fourth-order valence-electron chi connectivity index (χ4n) is 5.35. The number of hydrogen-bond acceptors (Lipinski definition) is 4. The molecule has 0 saturated carbocycles. The molecule has 2 aromatic carbocycles. The fraction of sp³-hybridized carbons (Fsp3) is 0.333. The Morgan fingerprint density at radius 2 is 1.92 bits per heavy atom. The van der Waals surface area contributed by atoms with Gasteiger partial charge in [-0.05, 0) is 55.9 Å². The van der Waals surface area contributed by atoms with Crippen LogP contribution in [0.15, 0.2) is 83.8 Å². The Labute approximate surface area is 211 Å². The van der Waals surface area contributed by atoms with E-state index in [1.54, 1.807) is 6.07 Å². The summed E-state index contributed by atoms with van der Waals surface area (Å²) in [6.45, 7) is 1.54. The van der Waals surface area contributed by atoms with Crippen LogP contribution in [0.5, 0.6) is 0 Å². The van der Waals surface area contributed by atoms with E-state index in [0.29, 0.717) is 18.8 Å². The second-order valence-electron chi connectivity index (χ2n) is 9.75. The van der Waals surface area contributed by atoms with Gasteiger partial charge in [0.25, 0.3) is 0 Å². The fourth-order valence-corrected chi connectivity index (χ4v) is 5.35. The van der Waals surface area contributed by atoms with E-state index in [2.05, 4.69) is 41.0 Å². The van der Waals surface area contributed by atoms with Gasteiger partial charge in [0.15, 0.2) is 0 Å². The molecule has 1 aliphatic carbocycles. The third kappa shape index (κ3) is 5.27. The Bertz CT molecular complexity index is 1220. The lowest BCUT2D eigenvalue weighted by Crippen LogP contribution is -2.38. The van der Waals surface area contributed by atoms with Gasteiger partial charge in [0.2, 0.25) is 5.91 Å². The van der Waals surface area contributed by atoms with Crippen molar-refractivity contribution in [2.45, 2.75) is 44.4 Å². The average molecular weight is 486 g/mol. The molecule has 0 radical (unpaired) electrons. The van der Waals surface area contributed by atoms with Gasteiger partial charge in [-0.1, -0.05) is 48.5 Å². The van der Waals surface area contributed by atoms with Gasteiger partial charge in [0.1, 0.15) is 12.1 Å². The molecular formula is C30H32FN3O2. The topological polar surface area (TPSA) is 61.4 Å². The molecule has 0 spiro atoms. The number of amides is 1. The van der Waals surface area contributed by atoms with Gasteiger partial charge in [0.05, 0.1) is 23.0 Å². The van der Waals surface area contributed by atoms with Gasteiger partial charge in [-0.2, -0.15) is 0 Å². The SMILES string of the molecule is O=CCCCCC1=C(c2cccc(F)c2)NC2=CCC(C(=O)N3CCC(c4ccccc4)C3)C=C2N1. The number of rotatable bonds is 8. The summed E-state index contributed by atoms with van der Waals surface area (Å²) in [6, 6.07) is 17.0. The molecule has 5 rings (SSSR count). The third-order valence-corrected chi connectivity index (χ3v) is 7.28. The predicted molar refractivity (Wildman–Crippen MR) is 139 cm³/mol. The van der Waals surface area contributed by atoms with Crippen LogP contribution in [-0.2, 0) is 9.59 Å². The Hall–Kier alpha value is -3.67. The molecule has 2 N–H and O–H groups in total. The third-order valence-electron chi connectivity index (χ3n) is 7.28. The van der Waals surface area contributed by atoms with Gasteiger partial charge >= 0.3 is 0 Å². The summed E-state index contributed by atoms with van der Waals surface area (Å²) in [5.41, 5.74) is 5.68. The van der Waals surface area contributed by atoms with Crippen molar-refractivity contribution in [2.24, 2.45) is 5.92 Å². The standard InChI is InChI=1S/C30H32FN3O2/c31-25-11-7-10-22(18-25)29-27(12-5-2-6-17-35)32-28-19-23(13-14-26(28)33-29)30(36)34-16-15-24(20-34)21-8-3-1-4-9-21/h1,3-4,7-11,14,17-19,23-24,32-33H,2,5-6,12-13,15-16,20H2. The number of fused-ring (bicyclic) bond motifs is 1. The Morgan fingerprint density at radius 3 is 2.72 bits per heavy atom. The van der Waals surface area contributed by atoms with E-state index >= 15 is 0 Å². The highest BCUT2D eigenvalue weighted by Crippen LogP contribution is 2.33. The molecule has 2 heterocycles. The number of likely N-dealkylation sites (tertiary alicyclic amines) is 1.